The third-order valence-electron chi connectivity index (χ3n) is 6.48. The average molecular weight is 491 g/mol. The Balaban J connectivity index is 1.38. The molecule has 3 aromatic rings. The number of nitrogens with zero attached hydrogens (tertiary/aromatic N) is 2. The number of rotatable bonds is 9. The van der Waals surface area contributed by atoms with E-state index in [1.807, 2.05) is 55.5 Å². The summed E-state index contributed by atoms with van der Waals surface area (Å²) in [6.45, 7) is 3.91. The third-order valence-corrected chi connectivity index (χ3v) is 6.48. The molecule has 1 aliphatic rings. The number of benzene rings is 2. The molecule has 0 bridgehead atoms. The number of carbonyl (C=O) groups is 2. The first-order valence-electron chi connectivity index (χ1n) is 12.6. The van der Waals surface area contributed by atoms with E-state index in [9.17, 15) is 9.59 Å². The van der Waals surface area contributed by atoms with Crippen LogP contribution in [-0.4, -0.2) is 22.0 Å². The molecule has 4 rings (SSSR count). The number of ether oxygens (including phenoxy) is 1. The van der Waals surface area contributed by atoms with Crippen molar-refractivity contribution < 1.29 is 18.8 Å². The van der Waals surface area contributed by atoms with Gasteiger partial charge in [-0.05, 0) is 43.0 Å². The van der Waals surface area contributed by atoms with Crippen LogP contribution in [0.3, 0.4) is 0 Å². The number of amides is 2. The fourth-order valence-electron chi connectivity index (χ4n) is 4.65. The molecule has 2 amide bonds. The molecule has 2 N–H and O–H groups in total. The summed E-state index contributed by atoms with van der Waals surface area (Å²) in [6.07, 6.45) is 6.30. The standard InChI is InChI=1S/C28H34N4O4/c1-20-12-13-23(24(18-20)35-19-22-10-6-5-7-11-22)29-25(34)14-15-26-30-27(32-36-26)28(31-21(2)33)16-8-3-4-9-17-28/h5-7,10-13,18H,3-4,8-9,14-17,19H2,1-2H3,(H,29,34)(H,31,33). The van der Waals surface area contributed by atoms with Gasteiger partial charge in [-0.2, -0.15) is 4.98 Å². The van der Waals surface area contributed by atoms with Crippen LogP contribution in [-0.2, 0) is 28.2 Å². The first-order valence-corrected chi connectivity index (χ1v) is 12.6. The van der Waals surface area contributed by atoms with Crippen LogP contribution in [0.4, 0.5) is 5.69 Å². The minimum absolute atomic E-state index is 0.106. The minimum Gasteiger partial charge on any atom is -0.487 e. The molecule has 8 nitrogen and oxygen atoms in total. The van der Waals surface area contributed by atoms with Gasteiger partial charge in [-0.3, -0.25) is 9.59 Å². The molecule has 0 unspecified atom stereocenters. The van der Waals surface area contributed by atoms with Gasteiger partial charge in [0.15, 0.2) is 5.82 Å². The summed E-state index contributed by atoms with van der Waals surface area (Å²) in [6, 6.07) is 15.6. The summed E-state index contributed by atoms with van der Waals surface area (Å²) in [4.78, 5) is 29.2. The fourth-order valence-corrected chi connectivity index (χ4v) is 4.65. The van der Waals surface area contributed by atoms with E-state index < -0.39 is 5.54 Å². The van der Waals surface area contributed by atoms with Crippen LogP contribution in [0.1, 0.15) is 74.7 Å². The molecule has 1 aromatic heterocycles. The molecule has 2 aromatic carbocycles. The maximum atomic E-state index is 12.7. The summed E-state index contributed by atoms with van der Waals surface area (Å²) in [5.41, 5.74) is 2.12. The molecule has 1 fully saturated rings. The lowest BCUT2D eigenvalue weighted by Crippen LogP contribution is -2.45. The smallest absolute Gasteiger partial charge is 0.227 e. The number of aromatic nitrogens is 2. The zero-order valence-corrected chi connectivity index (χ0v) is 21.0. The number of carbonyl (C=O) groups excluding carboxylic acids is 2. The Bertz CT molecular complexity index is 1170. The van der Waals surface area contributed by atoms with E-state index in [0.29, 0.717) is 36.2 Å². The summed E-state index contributed by atoms with van der Waals surface area (Å²) < 4.78 is 11.5. The van der Waals surface area contributed by atoms with Crippen molar-refractivity contribution in [2.45, 2.75) is 77.4 Å². The van der Waals surface area contributed by atoms with Crippen molar-refractivity contribution in [2.75, 3.05) is 5.32 Å². The molecule has 0 radical (unpaired) electrons. The quantitative estimate of drug-likeness (QED) is 0.399. The number of anilines is 1. The van der Waals surface area contributed by atoms with Gasteiger partial charge in [0.05, 0.1) is 5.69 Å². The molecular weight excluding hydrogens is 456 g/mol. The molecular formula is C28H34N4O4. The second-order valence-electron chi connectivity index (χ2n) is 9.51. The molecule has 8 heteroatoms. The van der Waals surface area contributed by atoms with Crippen molar-refractivity contribution in [3.05, 3.63) is 71.4 Å². The van der Waals surface area contributed by atoms with Gasteiger partial charge in [0, 0.05) is 19.8 Å². The molecule has 0 saturated heterocycles. The van der Waals surface area contributed by atoms with Crippen molar-refractivity contribution >= 4 is 17.5 Å². The largest absolute Gasteiger partial charge is 0.487 e. The Morgan fingerprint density at radius 2 is 1.81 bits per heavy atom. The van der Waals surface area contributed by atoms with Crippen molar-refractivity contribution in [2.24, 2.45) is 0 Å². The van der Waals surface area contributed by atoms with Gasteiger partial charge in [-0.15, -0.1) is 0 Å². The Labute approximate surface area is 211 Å². The molecule has 1 heterocycles. The second kappa shape index (κ2) is 11.8. The summed E-state index contributed by atoms with van der Waals surface area (Å²) in [5.74, 6) is 1.24. The molecule has 0 spiro atoms. The number of nitrogens with one attached hydrogen (secondary N) is 2. The minimum atomic E-state index is -0.598. The van der Waals surface area contributed by atoms with Crippen LogP contribution in [0, 0.1) is 6.92 Å². The zero-order chi connectivity index (χ0) is 25.4. The van der Waals surface area contributed by atoms with Crippen molar-refractivity contribution in [3.8, 4) is 5.75 Å². The highest BCUT2D eigenvalue weighted by atomic mass is 16.5. The number of hydrogen-bond donors (Lipinski definition) is 2. The fraction of sp³-hybridized carbons (Fsp3) is 0.429. The third kappa shape index (κ3) is 6.71. The van der Waals surface area contributed by atoms with Gasteiger partial charge in [0.25, 0.3) is 0 Å². The van der Waals surface area contributed by atoms with Gasteiger partial charge in [0.2, 0.25) is 17.7 Å². The van der Waals surface area contributed by atoms with E-state index in [0.717, 1.165) is 49.7 Å². The average Bonchev–Trinajstić information content (AvgIpc) is 3.23. The van der Waals surface area contributed by atoms with Gasteiger partial charge in [0.1, 0.15) is 17.9 Å². The lowest BCUT2D eigenvalue weighted by Gasteiger charge is -2.30. The molecule has 1 aliphatic carbocycles. The van der Waals surface area contributed by atoms with Gasteiger partial charge in [-0.1, -0.05) is 67.2 Å². The Hall–Kier alpha value is -3.68. The summed E-state index contributed by atoms with van der Waals surface area (Å²) in [5, 5.41) is 10.2. The molecule has 0 aliphatic heterocycles. The van der Waals surface area contributed by atoms with Crippen LogP contribution in [0.5, 0.6) is 5.75 Å². The maximum absolute atomic E-state index is 12.7. The van der Waals surface area contributed by atoms with Crippen LogP contribution < -0.4 is 15.4 Å². The monoisotopic (exact) mass is 490 g/mol. The van der Waals surface area contributed by atoms with Crippen LogP contribution in [0.25, 0.3) is 0 Å². The van der Waals surface area contributed by atoms with E-state index in [-0.39, 0.29) is 18.2 Å². The van der Waals surface area contributed by atoms with E-state index in [4.69, 9.17) is 9.26 Å². The Kier molecular flexibility index (Phi) is 8.36. The Morgan fingerprint density at radius 1 is 1.06 bits per heavy atom. The zero-order valence-electron chi connectivity index (χ0n) is 21.0. The highest BCUT2D eigenvalue weighted by molar-refractivity contribution is 5.92. The molecule has 36 heavy (non-hydrogen) atoms. The van der Waals surface area contributed by atoms with E-state index in [1.54, 1.807) is 0 Å². The number of hydrogen-bond acceptors (Lipinski definition) is 6. The van der Waals surface area contributed by atoms with E-state index in [2.05, 4.69) is 20.8 Å². The molecule has 0 atom stereocenters. The molecule has 190 valence electrons. The molecule has 1 saturated carbocycles. The van der Waals surface area contributed by atoms with Crippen molar-refractivity contribution in [1.82, 2.24) is 15.5 Å². The van der Waals surface area contributed by atoms with Gasteiger partial charge >= 0.3 is 0 Å². The Morgan fingerprint density at radius 3 is 2.53 bits per heavy atom. The van der Waals surface area contributed by atoms with Crippen molar-refractivity contribution in [1.29, 1.82) is 0 Å². The van der Waals surface area contributed by atoms with Crippen LogP contribution in [0.2, 0.25) is 0 Å². The highest BCUT2D eigenvalue weighted by Gasteiger charge is 2.38. The van der Waals surface area contributed by atoms with E-state index in [1.165, 1.54) is 6.92 Å². The maximum Gasteiger partial charge on any atom is 0.227 e. The predicted molar refractivity (Wildman–Crippen MR) is 136 cm³/mol. The summed E-state index contributed by atoms with van der Waals surface area (Å²) >= 11 is 0. The highest BCUT2D eigenvalue weighted by Crippen LogP contribution is 2.34. The number of aryl methyl sites for hydroxylation is 2. The SMILES string of the molecule is CC(=O)NC1(c2noc(CCC(=O)Nc3ccc(C)cc3OCc3ccccc3)n2)CCCCCC1. The van der Waals surface area contributed by atoms with Gasteiger partial charge < -0.3 is 19.9 Å². The van der Waals surface area contributed by atoms with Crippen molar-refractivity contribution in [3.63, 3.8) is 0 Å². The van der Waals surface area contributed by atoms with Crippen LogP contribution >= 0.6 is 0 Å². The second-order valence-corrected chi connectivity index (χ2v) is 9.51. The lowest BCUT2D eigenvalue weighted by atomic mass is 9.89. The normalized spacial score (nSPS) is 15.1. The summed E-state index contributed by atoms with van der Waals surface area (Å²) in [7, 11) is 0. The van der Waals surface area contributed by atoms with Crippen LogP contribution in [0.15, 0.2) is 53.1 Å². The topological polar surface area (TPSA) is 106 Å². The predicted octanol–water partition coefficient (Wildman–Crippen LogP) is 5.21. The lowest BCUT2D eigenvalue weighted by molar-refractivity contribution is -0.121. The van der Waals surface area contributed by atoms with E-state index >= 15 is 0 Å². The van der Waals surface area contributed by atoms with Gasteiger partial charge in [-0.25, -0.2) is 0 Å². The first-order chi connectivity index (χ1) is 17.4. The first kappa shape index (κ1) is 25.4.